The fourth-order valence-corrected chi connectivity index (χ4v) is 3.12. The third kappa shape index (κ3) is 3.91. The van der Waals surface area contributed by atoms with Crippen molar-refractivity contribution in [3.8, 4) is 5.75 Å². The maximum absolute atomic E-state index is 12.2. The van der Waals surface area contributed by atoms with Crippen molar-refractivity contribution in [2.24, 2.45) is 0 Å². The van der Waals surface area contributed by atoms with E-state index in [0.717, 1.165) is 28.2 Å². The van der Waals surface area contributed by atoms with Crippen molar-refractivity contribution >= 4 is 16.9 Å². The molecule has 1 N–H and O–H groups in total. The van der Waals surface area contributed by atoms with Gasteiger partial charge in [0.15, 0.2) is 5.76 Å². The number of nitrogens with one attached hydrogen (secondary N) is 1. The van der Waals surface area contributed by atoms with Crippen molar-refractivity contribution in [2.45, 2.75) is 20.0 Å². The van der Waals surface area contributed by atoms with Gasteiger partial charge in [0.05, 0.1) is 30.4 Å². The molecule has 142 valence electrons. The molecule has 0 bridgehead atoms. The number of carbonyl (C=O) groups is 1. The second-order valence-corrected chi connectivity index (χ2v) is 6.49. The van der Waals surface area contributed by atoms with Crippen molar-refractivity contribution in [1.29, 1.82) is 0 Å². The van der Waals surface area contributed by atoms with E-state index in [4.69, 9.17) is 9.15 Å². The number of imidazole rings is 1. The number of benzene rings is 2. The van der Waals surface area contributed by atoms with Crippen molar-refractivity contribution in [2.75, 3.05) is 6.61 Å². The van der Waals surface area contributed by atoms with E-state index in [2.05, 4.69) is 14.9 Å². The molecule has 6 heteroatoms. The zero-order chi connectivity index (χ0) is 19.3. The van der Waals surface area contributed by atoms with E-state index < -0.39 is 0 Å². The van der Waals surface area contributed by atoms with E-state index >= 15 is 0 Å². The third-order valence-electron chi connectivity index (χ3n) is 4.46. The van der Waals surface area contributed by atoms with E-state index in [9.17, 15) is 4.79 Å². The van der Waals surface area contributed by atoms with Gasteiger partial charge >= 0.3 is 0 Å². The molecule has 2 aromatic carbocycles. The highest BCUT2D eigenvalue weighted by molar-refractivity contribution is 5.91. The van der Waals surface area contributed by atoms with Gasteiger partial charge in [-0.25, -0.2) is 4.98 Å². The molecule has 6 nitrogen and oxygen atoms in total. The molecule has 0 saturated heterocycles. The minimum Gasteiger partial charge on any atom is -0.492 e. The highest BCUT2D eigenvalue weighted by atomic mass is 16.5. The average Bonchev–Trinajstić information content (AvgIpc) is 3.35. The number of para-hydroxylation sites is 2. The summed E-state index contributed by atoms with van der Waals surface area (Å²) in [7, 11) is 0. The number of hydrogen-bond donors (Lipinski definition) is 1. The van der Waals surface area contributed by atoms with Crippen LogP contribution in [0.25, 0.3) is 11.0 Å². The summed E-state index contributed by atoms with van der Waals surface area (Å²) in [6.45, 7) is 3.47. The Hall–Kier alpha value is -3.54. The van der Waals surface area contributed by atoms with Gasteiger partial charge in [-0.15, -0.1) is 0 Å². The third-order valence-corrected chi connectivity index (χ3v) is 4.46. The van der Waals surface area contributed by atoms with Crippen LogP contribution in [-0.4, -0.2) is 22.1 Å². The van der Waals surface area contributed by atoms with Crippen molar-refractivity contribution < 1.29 is 13.9 Å². The molecule has 28 heavy (non-hydrogen) atoms. The number of aryl methyl sites for hydroxylation is 1. The van der Waals surface area contributed by atoms with Gasteiger partial charge in [-0.3, -0.25) is 4.79 Å². The number of nitrogens with zero attached hydrogens (tertiary/aromatic N) is 2. The molecule has 0 unspecified atom stereocenters. The number of fused-ring (bicyclic) bond motifs is 1. The maximum Gasteiger partial charge on any atom is 0.287 e. The van der Waals surface area contributed by atoms with Gasteiger partial charge < -0.3 is 19.0 Å². The molecule has 4 rings (SSSR count). The fraction of sp³-hybridized carbons (Fsp3) is 0.182. The molecule has 0 aliphatic carbocycles. The Morgan fingerprint density at radius 1 is 1.14 bits per heavy atom. The Balaban J connectivity index is 1.49. The minimum atomic E-state index is -0.264. The summed E-state index contributed by atoms with van der Waals surface area (Å²) in [5, 5.41) is 2.86. The van der Waals surface area contributed by atoms with Gasteiger partial charge in [-0.1, -0.05) is 24.3 Å². The lowest BCUT2D eigenvalue weighted by atomic mass is 10.2. The van der Waals surface area contributed by atoms with Crippen LogP contribution in [-0.2, 0) is 13.1 Å². The normalized spacial score (nSPS) is 10.9. The Morgan fingerprint density at radius 3 is 2.86 bits per heavy atom. The molecule has 0 atom stereocenters. The SMILES string of the molecule is Cc1cccc(OCCn2c(CNC(=O)c3ccco3)nc3ccccc32)c1. The quantitative estimate of drug-likeness (QED) is 0.531. The molecule has 2 aromatic heterocycles. The lowest BCUT2D eigenvalue weighted by molar-refractivity contribution is 0.0921. The zero-order valence-corrected chi connectivity index (χ0v) is 15.6. The van der Waals surface area contributed by atoms with Gasteiger partial charge in [0.1, 0.15) is 18.2 Å². The first kappa shape index (κ1) is 17.9. The highest BCUT2D eigenvalue weighted by Crippen LogP contribution is 2.17. The molecule has 4 aromatic rings. The number of amides is 1. The standard InChI is InChI=1S/C22H21N3O3/c1-16-6-4-7-17(14-16)27-13-11-25-19-9-3-2-8-18(19)24-21(25)15-23-22(26)20-10-5-12-28-20/h2-10,12,14H,11,13,15H2,1H3,(H,23,26). The summed E-state index contributed by atoms with van der Waals surface area (Å²) in [5.41, 5.74) is 3.06. The topological polar surface area (TPSA) is 69.3 Å². The van der Waals surface area contributed by atoms with E-state index in [1.165, 1.54) is 6.26 Å². The van der Waals surface area contributed by atoms with Crippen LogP contribution in [0.3, 0.4) is 0 Å². The fourth-order valence-electron chi connectivity index (χ4n) is 3.12. The second-order valence-electron chi connectivity index (χ2n) is 6.49. The number of aromatic nitrogens is 2. The summed E-state index contributed by atoms with van der Waals surface area (Å²) in [5.74, 6) is 1.64. The Morgan fingerprint density at radius 2 is 2.04 bits per heavy atom. The van der Waals surface area contributed by atoms with Crippen LogP contribution in [0.2, 0.25) is 0 Å². The van der Waals surface area contributed by atoms with E-state index in [1.54, 1.807) is 12.1 Å². The summed E-state index contributed by atoms with van der Waals surface area (Å²) >= 11 is 0. The van der Waals surface area contributed by atoms with Crippen LogP contribution in [0.1, 0.15) is 21.9 Å². The van der Waals surface area contributed by atoms with Crippen LogP contribution in [0.4, 0.5) is 0 Å². The zero-order valence-electron chi connectivity index (χ0n) is 15.6. The minimum absolute atomic E-state index is 0.264. The Labute approximate surface area is 162 Å². The van der Waals surface area contributed by atoms with Crippen molar-refractivity contribution in [3.05, 3.63) is 84.1 Å². The first-order valence-corrected chi connectivity index (χ1v) is 9.16. The largest absolute Gasteiger partial charge is 0.492 e. The maximum atomic E-state index is 12.2. The number of ether oxygens (including phenoxy) is 1. The second kappa shape index (κ2) is 8.00. The van der Waals surface area contributed by atoms with Crippen LogP contribution in [0, 0.1) is 6.92 Å². The summed E-state index contributed by atoms with van der Waals surface area (Å²) in [4.78, 5) is 16.8. The van der Waals surface area contributed by atoms with Crippen molar-refractivity contribution in [3.63, 3.8) is 0 Å². The van der Waals surface area contributed by atoms with Gasteiger partial charge in [0.2, 0.25) is 0 Å². The van der Waals surface area contributed by atoms with Crippen LogP contribution in [0.5, 0.6) is 5.75 Å². The van der Waals surface area contributed by atoms with Gasteiger partial charge in [-0.05, 0) is 48.9 Å². The Bertz CT molecular complexity index is 1080. The summed E-state index contributed by atoms with van der Waals surface area (Å²) in [6.07, 6.45) is 1.48. The molecular weight excluding hydrogens is 354 g/mol. The van der Waals surface area contributed by atoms with E-state index in [1.807, 2.05) is 55.5 Å². The van der Waals surface area contributed by atoms with E-state index in [-0.39, 0.29) is 11.7 Å². The number of carbonyl (C=O) groups excluding carboxylic acids is 1. The molecule has 0 spiro atoms. The van der Waals surface area contributed by atoms with Crippen LogP contribution in [0.15, 0.2) is 71.3 Å². The van der Waals surface area contributed by atoms with Crippen LogP contribution >= 0.6 is 0 Å². The van der Waals surface area contributed by atoms with Gasteiger partial charge in [0.25, 0.3) is 5.91 Å². The molecule has 1 amide bonds. The molecular formula is C22H21N3O3. The lowest BCUT2D eigenvalue weighted by Gasteiger charge is -2.11. The van der Waals surface area contributed by atoms with Gasteiger partial charge in [0, 0.05) is 0 Å². The number of rotatable bonds is 7. The monoisotopic (exact) mass is 375 g/mol. The highest BCUT2D eigenvalue weighted by Gasteiger charge is 2.13. The predicted octanol–water partition coefficient (Wildman–Crippen LogP) is 3.95. The van der Waals surface area contributed by atoms with E-state index in [0.29, 0.717) is 19.7 Å². The number of hydrogen-bond acceptors (Lipinski definition) is 4. The molecule has 0 radical (unpaired) electrons. The molecule has 0 saturated carbocycles. The first-order valence-electron chi connectivity index (χ1n) is 9.16. The van der Waals surface area contributed by atoms with Crippen LogP contribution < -0.4 is 10.1 Å². The average molecular weight is 375 g/mol. The summed E-state index contributed by atoms with van der Waals surface area (Å²) < 4.78 is 13.1. The lowest BCUT2D eigenvalue weighted by Crippen LogP contribution is -2.25. The summed E-state index contributed by atoms with van der Waals surface area (Å²) in [6, 6.07) is 19.2. The number of furan rings is 1. The smallest absolute Gasteiger partial charge is 0.287 e. The molecule has 0 fully saturated rings. The Kier molecular flexibility index (Phi) is 5.10. The first-order chi connectivity index (χ1) is 13.7. The molecule has 2 heterocycles. The molecule has 0 aliphatic rings. The van der Waals surface area contributed by atoms with Gasteiger partial charge in [-0.2, -0.15) is 0 Å². The van der Waals surface area contributed by atoms with Crippen molar-refractivity contribution in [1.82, 2.24) is 14.9 Å². The predicted molar refractivity (Wildman–Crippen MR) is 106 cm³/mol. The molecule has 0 aliphatic heterocycles.